The molecule has 0 aliphatic carbocycles. The highest BCUT2D eigenvalue weighted by Gasteiger charge is 2.15. The van der Waals surface area contributed by atoms with Crippen molar-refractivity contribution in [1.82, 2.24) is 0 Å². The van der Waals surface area contributed by atoms with Crippen LogP contribution in [0.15, 0.2) is 36.4 Å². The maximum atomic E-state index is 12.1. The number of fused-ring (bicyclic) bond motifs is 1. The van der Waals surface area contributed by atoms with Crippen molar-refractivity contribution in [2.75, 3.05) is 16.0 Å². The van der Waals surface area contributed by atoms with E-state index in [1.165, 1.54) is 0 Å². The zero-order valence-corrected chi connectivity index (χ0v) is 13.3. The largest absolute Gasteiger partial charge is 0.349 e. The molecule has 1 aliphatic rings. The van der Waals surface area contributed by atoms with Crippen LogP contribution in [-0.2, 0) is 6.42 Å². The van der Waals surface area contributed by atoms with Gasteiger partial charge < -0.3 is 16.0 Å². The Bertz CT molecular complexity index is 750. The zero-order chi connectivity index (χ0) is 15.7. The number of nitrogens with one attached hydrogen (secondary N) is 3. The van der Waals surface area contributed by atoms with E-state index in [1.807, 2.05) is 44.2 Å². The van der Waals surface area contributed by atoms with E-state index in [2.05, 4.69) is 22.0 Å². The standard InChI is InChI=1S/C17H17N3OS/c1-10-5-11(2)7-14(6-10)19-17(21)18-13-4-3-12-8-16(22)20-15(12)9-13/h3-7,9H,8H2,1-2H3,(H,20,22)(H2,18,19,21). The molecule has 0 bridgehead atoms. The van der Waals surface area contributed by atoms with Gasteiger partial charge in [0, 0.05) is 23.5 Å². The quantitative estimate of drug-likeness (QED) is 0.727. The topological polar surface area (TPSA) is 53.2 Å². The minimum Gasteiger partial charge on any atom is -0.349 e. The molecular weight excluding hydrogens is 294 g/mol. The number of thiocarbonyl (C=S) groups is 1. The molecule has 0 spiro atoms. The summed E-state index contributed by atoms with van der Waals surface area (Å²) in [5.41, 5.74) is 5.88. The molecular formula is C17H17N3OS. The van der Waals surface area contributed by atoms with Crippen molar-refractivity contribution in [2.45, 2.75) is 20.3 Å². The van der Waals surface area contributed by atoms with Crippen LogP contribution in [0, 0.1) is 13.8 Å². The van der Waals surface area contributed by atoms with Gasteiger partial charge in [0.15, 0.2) is 0 Å². The van der Waals surface area contributed by atoms with E-state index in [1.54, 1.807) is 0 Å². The SMILES string of the molecule is Cc1cc(C)cc(NC(=O)Nc2ccc3c(c2)NC(=S)C3)c1. The van der Waals surface area contributed by atoms with Crippen LogP contribution in [0.1, 0.15) is 16.7 Å². The third-order valence-electron chi connectivity index (χ3n) is 3.47. The second kappa shape index (κ2) is 5.77. The van der Waals surface area contributed by atoms with E-state index in [4.69, 9.17) is 12.2 Å². The maximum absolute atomic E-state index is 12.1. The number of hydrogen-bond donors (Lipinski definition) is 3. The number of benzene rings is 2. The lowest BCUT2D eigenvalue weighted by molar-refractivity contribution is 0.262. The van der Waals surface area contributed by atoms with Gasteiger partial charge in [0.1, 0.15) is 0 Å². The van der Waals surface area contributed by atoms with Gasteiger partial charge in [0.05, 0.1) is 4.99 Å². The Labute approximate surface area is 134 Å². The fourth-order valence-corrected chi connectivity index (χ4v) is 2.90. The number of aryl methyl sites for hydroxylation is 2. The summed E-state index contributed by atoms with van der Waals surface area (Å²) in [6, 6.07) is 11.5. The summed E-state index contributed by atoms with van der Waals surface area (Å²) in [4.78, 5) is 12.9. The van der Waals surface area contributed by atoms with Crippen LogP contribution in [0.25, 0.3) is 0 Å². The van der Waals surface area contributed by atoms with Crippen molar-refractivity contribution >= 4 is 40.3 Å². The Morgan fingerprint density at radius 3 is 2.45 bits per heavy atom. The summed E-state index contributed by atoms with van der Waals surface area (Å²) in [7, 11) is 0. The molecule has 2 aromatic rings. The number of hydrogen-bond acceptors (Lipinski definition) is 2. The number of rotatable bonds is 2. The van der Waals surface area contributed by atoms with Crippen LogP contribution >= 0.6 is 12.2 Å². The summed E-state index contributed by atoms with van der Waals surface area (Å²) >= 11 is 5.16. The normalized spacial score (nSPS) is 12.5. The Morgan fingerprint density at radius 1 is 1.05 bits per heavy atom. The van der Waals surface area contributed by atoms with Crippen molar-refractivity contribution < 1.29 is 4.79 Å². The predicted molar refractivity (Wildman–Crippen MR) is 94.9 cm³/mol. The summed E-state index contributed by atoms with van der Waals surface area (Å²) in [6.45, 7) is 4.01. The fraction of sp³-hybridized carbons (Fsp3) is 0.176. The Morgan fingerprint density at radius 2 is 1.73 bits per heavy atom. The molecule has 0 unspecified atom stereocenters. The van der Waals surface area contributed by atoms with Gasteiger partial charge in [-0.15, -0.1) is 0 Å². The maximum Gasteiger partial charge on any atom is 0.323 e. The highest BCUT2D eigenvalue weighted by atomic mass is 32.1. The predicted octanol–water partition coefficient (Wildman–Crippen LogP) is 4.24. The lowest BCUT2D eigenvalue weighted by atomic mass is 10.1. The molecule has 0 radical (unpaired) electrons. The molecule has 0 atom stereocenters. The monoisotopic (exact) mass is 311 g/mol. The van der Waals surface area contributed by atoms with Crippen molar-refractivity contribution in [3.8, 4) is 0 Å². The van der Waals surface area contributed by atoms with E-state index in [9.17, 15) is 4.79 Å². The molecule has 2 aromatic carbocycles. The molecule has 0 aromatic heterocycles. The van der Waals surface area contributed by atoms with Crippen molar-refractivity contribution in [3.05, 3.63) is 53.1 Å². The second-order valence-corrected chi connectivity index (χ2v) is 6.05. The highest BCUT2D eigenvalue weighted by molar-refractivity contribution is 7.80. The van der Waals surface area contributed by atoms with Gasteiger partial charge in [-0.1, -0.05) is 24.4 Å². The molecule has 0 saturated heterocycles. The lowest BCUT2D eigenvalue weighted by Gasteiger charge is -2.10. The van der Waals surface area contributed by atoms with Crippen LogP contribution in [0.4, 0.5) is 21.9 Å². The van der Waals surface area contributed by atoms with Crippen molar-refractivity contribution in [3.63, 3.8) is 0 Å². The average molecular weight is 311 g/mol. The fourth-order valence-electron chi connectivity index (χ4n) is 2.63. The molecule has 112 valence electrons. The molecule has 1 heterocycles. The number of amides is 2. The highest BCUT2D eigenvalue weighted by Crippen LogP contribution is 2.27. The van der Waals surface area contributed by atoms with Crippen LogP contribution in [0.5, 0.6) is 0 Å². The van der Waals surface area contributed by atoms with Gasteiger partial charge >= 0.3 is 6.03 Å². The van der Waals surface area contributed by atoms with Gasteiger partial charge in [-0.3, -0.25) is 0 Å². The van der Waals surface area contributed by atoms with Gasteiger partial charge in [-0.2, -0.15) is 0 Å². The minimum absolute atomic E-state index is 0.259. The lowest BCUT2D eigenvalue weighted by Crippen LogP contribution is -2.19. The van der Waals surface area contributed by atoms with Gasteiger partial charge in [0.25, 0.3) is 0 Å². The smallest absolute Gasteiger partial charge is 0.323 e. The minimum atomic E-state index is -0.259. The van der Waals surface area contributed by atoms with E-state index in [0.717, 1.165) is 45.2 Å². The molecule has 3 N–H and O–H groups in total. The average Bonchev–Trinajstić information content (AvgIpc) is 2.76. The molecule has 22 heavy (non-hydrogen) atoms. The second-order valence-electron chi connectivity index (χ2n) is 5.55. The number of urea groups is 1. The first kappa shape index (κ1) is 14.5. The first-order valence-corrected chi connectivity index (χ1v) is 7.49. The third kappa shape index (κ3) is 3.26. The van der Waals surface area contributed by atoms with E-state index in [-0.39, 0.29) is 6.03 Å². The summed E-state index contributed by atoms with van der Waals surface area (Å²) in [5.74, 6) is 0. The van der Waals surface area contributed by atoms with E-state index >= 15 is 0 Å². The van der Waals surface area contributed by atoms with Crippen LogP contribution in [-0.4, -0.2) is 11.0 Å². The zero-order valence-electron chi connectivity index (χ0n) is 12.5. The number of anilines is 3. The van der Waals surface area contributed by atoms with Gasteiger partial charge in [0.2, 0.25) is 0 Å². The first-order valence-electron chi connectivity index (χ1n) is 7.09. The Kier molecular flexibility index (Phi) is 3.81. The van der Waals surface area contributed by atoms with E-state index < -0.39 is 0 Å². The summed E-state index contributed by atoms with van der Waals surface area (Å²) in [5, 5.41) is 8.83. The van der Waals surface area contributed by atoms with Crippen LogP contribution < -0.4 is 16.0 Å². The number of carbonyl (C=O) groups is 1. The first-order chi connectivity index (χ1) is 10.5. The van der Waals surface area contributed by atoms with Crippen molar-refractivity contribution in [1.29, 1.82) is 0 Å². The Balaban J connectivity index is 1.69. The molecule has 0 fully saturated rings. The Hall–Kier alpha value is -2.40. The summed E-state index contributed by atoms with van der Waals surface area (Å²) in [6.07, 6.45) is 0.764. The summed E-state index contributed by atoms with van der Waals surface area (Å²) < 4.78 is 0. The van der Waals surface area contributed by atoms with Gasteiger partial charge in [-0.25, -0.2) is 4.79 Å². The van der Waals surface area contributed by atoms with Crippen LogP contribution in [0.2, 0.25) is 0 Å². The van der Waals surface area contributed by atoms with E-state index in [0.29, 0.717) is 0 Å². The van der Waals surface area contributed by atoms with Crippen LogP contribution in [0.3, 0.4) is 0 Å². The van der Waals surface area contributed by atoms with Gasteiger partial charge in [-0.05, 0) is 54.8 Å². The third-order valence-corrected chi connectivity index (χ3v) is 3.72. The number of carbonyl (C=O) groups excluding carboxylic acids is 1. The molecule has 2 amide bonds. The van der Waals surface area contributed by atoms with Crippen molar-refractivity contribution in [2.24, 2.45) is 0 Å². The molecule has 1 aliphatic heterocycles. The molecule has 3 rings (SSSR count). The molecule has 0 saturated carbocycles. The molecule has 5 heteroatoms. The molecule has 4 nitrogen and oxygen atoms in total.